The molecule has 0 unspecified atom stereocenters. The van der Waals surface area contributed by atoms with E-state index in [0.717, 1.165) is 22.5 Å². The van der Waals surface area contributed by atoms with Gasteiger partial charge in [-0.2, -0.15) is 17.5 Å². The molecule has 9 nitrogen and oxygen atoms in total. The first-order valence-electron chi connectivity index (χ1n) is 9.42. The van der Waals surface area contributed by atoms with Crippen molar-refractivity contribution in [1.29, 1.82) is 0 Å². The smallest absolute Gasteiger partial charge is 0.334 e. The largest absolute Gasteiger partial charge is 0.416 e. The van der Waals surface area contributed by atoms with E-state index >= 15 is 0 Å². The van der Waals surface area contributed by atoms with Crippen molar-refractivity contribution in [1.82, 2.24) is 14.5 Å². The number of nitrogens with zero attached hydrogens (tertiary/aromatic N) is 3. The lowest BCUT2D eigenvalue weighted by atomic mass is 10.1. The van der Waals surface area contributed by atoms with Crippen molar-refractivity contribution < 1.29 is 31.3 Å². The second kappa shape index (κ2) is 9.12. The first kappa shape index (κ1) is 23.5. The number of hydrogen-bond donors (Lipinski definition) is 1. The van der Waals surface area contributed by atoms with Crippen LogP contribution in [0.5, 0.6) is 0 Å². The fourth-order valence-corrected chi connectivity index (χ4v) is 4.65. The zero-order chi connectivity index (χ0) is 23.5. The fraction of sp³-hybridized carbons (Fsp3) is 0.316. The molecule has 13 heteroatoms. The zero-order valence-electron chi connectivity index (χ0n) is 16.6. The highest BCUT2D eigenvalue weighted by molar-refractivity contribution is 7.89. The number of nitrogens with one attached hydrogen (secondary N) is 1. The summed E-state index contributed by atoms with van der Waals surface area (Å²) in [7, 11) is -3.98. The van der Waals surface area contributed by atoms with Gasteiger partial charge in [0.1, 0.15) is 0 Å². The van der Waals surface area contributed by atoms with Gasteiger partial charge in [0.25, 0.3) is 5.69 Å². The number of nitro benzene ring substituents is 1. The summed E-state index contributed by atoms with van der Waals surface area (Å²) in [5, 5.41) is 13.4. The average molecular weight is 472 g/mol. The van der Waals surface area contributed by atoms with Crippen LogP contribution in [0.15, 0.2) is 53.4 Å². The fourth-order valence-electron chi connectivity index (χ4n) is 3.19. The normalized spacial score (nSPS) is 15.4. The minimum Gasteiger partial charge on any atom is -0.334 e. The Bertz CT molecular complexity index is 1120. The van der Waals surface area contributed by atoms with Gasteiger partial charge in [0.05, 0.1) is 15.4 Å². The van der Waals surface area contributed by atoms with Crippen LogP contribution >= 0.6 is 0 Å². The van der Waals surface area contributed by atoms with Crippen LogP contribution in [-0.2, 0) is 22.7 Å². The molecule has 2 amide bonds. The van der Waals surface area contributed by atoms with Crippen LogP contribution in [0.3, 0.4) is 0 Å². The Kier molecular flexibility index (Phi) is 6.69. The first-order chi connectivity index (χ1) is 15.0. The van der Waals surface area contributed by atoms with Gasteiger partial charge in [0, 0.05) is 44.9 Å². The van der Waals surface area contributed by atoms with Crippen molar-refractivity contribution in [3.05, 3.63) is 69.8 Å². The molecule has 0 aromatic heterocycles. The molecule has 1 heterocycles. The molecule has 0 saturated carbocycles. The lowest BCUT2D eigenvalue weighted by Crippen LogP contribution is -2.52. The summed E-state index contributed by atoms with van der Waals surface area (Å²) in [6, 6.07) is 8.76. The van der Waals surface area contributed by atoms with Crippen LogP contribution in [0.25, 0.3) is 0 Å². The van der Waals surface area contributed by atoms with Crippen LogP contribution in [0.2, 0.25) is 0 Å². The molecule has 0 spiro atoms. The number of piperazine rings is 1. The summed E-state index contributed by atoms with van der Waals surface area (Å²) in [6.07, 6.45) is -4.49. The molecule has 0 radical (unpaired) electrons. The molecule has 2 aromatic rings. The van der Waals surface area contributed by atoms with E-state index in [0.29, 0.717) is 0 Å². The van der Waals surface area contributed by atoms with E-state index in [1.165, 1.54) is 35.2 Å². The van der Waals surface area contributed by atoms with Crippen LogP contribution < -0.4 is 5.32 Å². The van der Waals surface area contributed by atoms with E-state index in [2.05, 4.69) is 5.32 Å². The van der Waals surface area contributed by atoms with Gasteiger partial charge in [-0.15, -0.1) is 0 Å². The van der Waals surface area contributed by atoms with E-state index in [9.17, 15) is 36.5 Å². The quantitative estimate of drug-likeness (QED) is 0.531. The molecule has 2 aromatic carbocycles. The number of nitro groups is 1. The summed E-state index contributed by atoms with van der Waals surface area (Å²) >= 11 is 0. The van der Waals surface area contributed by atoms with Crippen molar-refractivity contribution in [3.63, 3.8) is 0 Å². The molecule has 32 heavy (non-hydrogen) atoms. The van der Waals surface area contributed by atoms with Crippen molar-refractivity contribution >= 4 is 21.7 Å². The number of carbonyl (C=O) groups is 1. The molecule has 0 bridgehead atoms. The maximum Gasteiger partial charge on any atom is 0.416 e. The zero-order valence-corrected chi connectivity index (χ0v) is 17.4. The Morgan fingerprint density at radius 1 is 1.06 bits per heavy atom. The van der Waals surface area contributed by atoms with Gasteiger partial charge in [0.2, 0.25) is 10.0 Å². The maximum atomic E-state index is 12.8. The van der Waals surface area contributed by atoms with Gasteiger partial charge < -0.3 is 10.2 Å². The van der Waals surface area contributed by atoms with Crippen molar-refractivity contribution in [2.75, 3.05) is 26.2 Å². The molecule has 3 rings (SSSR count). The van der Waals surface area contributed by atoms with Crippen LogP contribution in [-0.4, -0.2) is 54.8 Å². The Labute approximate surface area is 181 Å². The third-order valence-electron chi connectivity index (χ3n) is 4.89. The van der Waals surface area contributed by atoms with Crippen molar-refractivity contribution in [3.8, 4) is 0 Å². The van der Waals surface area contributed by atoms with Gasteiger partial charge in [-0.25, -0.2) is 13.2 Å². The van der Waals surface area contributed by atoms with Crippen LogP contribution in [0.1, 0.15) is 11.1 Å². The van der Waals surface area contributed by atoms with Gasteiger partial charge >= 0.3 is 12.2 Å². The summed E-state index contributed by atoms with van der Waals surface area (Å²) in [4.78, 5) is 23.7. The van der Waals surface area contributed by atoms with Gasteiger partial charge in [0.15, 0.2) is 0 Å². The summed E-state index contributed by atoms with van der Waals surface area (Å²) in [6.45, 7) is -0.0515. The van der Waals surface area contributed by atoms with E-state index < -0.39 is 32.7 Å². The first-order valence-corrected chi connectivity index (χ1v) is 10.9. The minimum atomic E-state index is -4.49. The summed E-state index contributed by atoms with van der Waals surface area (Å²) in [5.74, 6) is 0. The summed E-state index contributed by atoms with van der Waals surface area (Å²) in [5.41, 5.74) is -0.886. The molecule has 1 saturated heterocycles. The standard InChI is InChI=1S/C19H19F3N4O5S/c20-19(21,22)15-4-1-3-14(11-15)13-23-18(27)24-7-9-25(10-8-24)32(30,31)17-6-2-5-16(12-17)26(28)29/h1-6,11-12H,7-10,13H2,(H,23,27). The Hall–Kier alpha value is -3.19. The predicted molar refractivity (Wildman–Crippen MR) is 107 cm³/mol. The Morgan fingerprint density at radius 3 is 2.34 bits per heavy atom. The van der Waals surface area contributed by atoms with E-state index in [4.69, 9.17) is 0 Å². The monoisotopic (exact) mass is 472 g/mol. The lowest BCUT2D eigenvalue weighted by molar-refractivity contribution is -0.385. The molecule has 1 aliphatic rings. The Morgan fingerprint density at radius 2 is 1.72 bits per heavy atom. The van der Waals surface area contributed by atoms with Crippen molar-refractivity contribution in [2.24, 2.45) is 0 Å². The molecular formula is C19H19F3N4O5S. The van der Waals surface area contributed by atoms with E-state index in [1.54, 1.807) is 0 Å². The van der Waals surface area contributed by atoms with E-state index in [1.807, 2.05) is 0 Å². The number of benzene rings is 2. The molecule has 1 aliphatic heterocycles. The highest BCUT2D eigenvalue weighted by Gasteiger charge is 2.32. The molecule has 0 atom stereocenters. The predicted octanol–water partition coefficient (Wildman–Crippen LogP) is 2.83. The number of carbonyl (C=O) groups excluding carboxylic acids is 1. The third-order valence-corrected chi connectivity index (χ3v) is 6.78. The third kappa shape index (κ3) is 5.34. The SMILES string of the molecule is O=C(NCc1cccc(C(F)(F)F)c1)N1CCN(S(=O)(=O)c2cccc([N+](=O)[O-])c2)CC1. The number of hydrogen-bond acceptors (Lipinski definition) is 5. The second-order valence-corrected chi connectivity index (χ2v) is 8.94. The second-order valence-electron chi connectivity index (χ2n) is 7.00. The molecular weight excluding hydrogens is 453 g/mol. The number of sulfonamides is 1. The Balaban J connectivity index is 1.58. The van der Waals surface area contributed by atoms with Crippen molar-refractivity contribution in [2.45, 2.75) is 17.6 Å². The number of amides is 2. The minimum absolute atomic E-state index is 0.0258. The lowest BCUT2D eigenvalue weighted by Gasteiger charge is -2.34. The van der Waals surface area contributed by atoms with Gasteiger partial charge in [-0.05, 0) is 23.8 Å². The number of alkyl halides is 3. The van der Waals surface area contributed by atoms with Gasteiger partial charge in [-0.1, -0.05) is 18.2 Å². The van der Waals surface area contributed by atoms with Crippen LogP contribution in [0.4, 0.5) is 23.7 Å². The highest BCUT2D eigenvalue weighted by Crippen LogP contribution is 2.29. The van der Waals surface area contributed by atoms with Gasteiger partial charge in [-0.3, -0.25) is 10.1 Å². The average Bonchev–Trinajstić information content (AvgIpc) is 2.77. The van der Waals surface area contributed by atoms with E-state index in [-0.39, 0.29) is 48.9 Å². The molecule has 172 valence electrons. The number of non-ortho nitro benzene ring substituents is 1. The number of rotatable bonds is 5. The van der Waals surface area contributed by atoms with Crippen LogP contribution in [0, 0.1) is 10.1 Å². The highest BCUT2D eigenvalue weighted by atomic mass is 32.2. The maximum absolute atomic E-state index is 12.8. The molecule has 1 N–H and O–H groups in total. The summed E-state index contributed by atoms with van der Waals surface area (Å²) < 4.78 is 65.0. The number of urea groups is 1. The molecule has 0 aliphatic carbocycles. The number of halogens is 3. The topological polar surface area (TPSA) is 113 Å². The molecule has 1 fully saturated rings.